The number of hydrogen-bond donors (Lipinski definition) is 1. The molecule has 1 aliphatic carbocycles. The monoisotopic (exact) mass is 422 g/mol. The highest BCUT2D eigenvalue weighted by Crippen LogP contribution is 2.39. The molecule has 0 spiro atoms. The third-order valence-electron chi connectivity index (χ3n) is 6.90. The molecule has 0 bridgehead atoms. The third-order valence-corrected chi connectivity index (χ3v) is 6.90. The van der Waals surface area contributed by atoms with E-state index in [0.29, 0.717) is 38.0 Å². The largest absolute Gasteiger partial charge is 0.356 e. The number of amides is 2. The molecule has 2 aromatic rings. The van der Waals surface area contributed by atoms with Crippen LogP contribution in [-0.2, 0) is 16.0 Å². The lowest BCUT2D eigenvalue weighted by atomic mass is 9.78. The molecule has 0 aromatic heterocycles. The van der Waals surface area contributed by atoms with E-state index in [9.17, 15) is 14.0 Å². The van der Waals surface area contributed by atoms with Crippen molar-refractivity contribution in [2.75, 3.05) is 19.6 Å². The average molecular weight is 423 g/mol. The fraction of sp³-hybridized carbons (Fsp3) is 0.462. The van der Waals surface area contributed by atoms with Crippen molar-refractivity contribution >= 4 is 11.8 Å². The van der Waals surface area contributed by atoms with Crippen LogP contribution in [0.3, 0.4) is 0 Å². The number of carbonyl (C=O) groups is 2. The van der Waals surface area contributed by atoms with Gasteiger partial charge in [-0.1, -0.05) is 55.3 Å². The standard InChI is InChI=1S/C26H31FN2O2/c1-2-28-25(31)26(15-16-29(18-26)24(30)19-9-3-4-10-19)17-20-11-5-6-12-21(20)22-13-7-8-14-23(22)27/h5-8,11-14,19H,2-4,9-10,15-18H2,1H3,(H,28,31)/t26-/m0/s1. The van der Waals surface area contributed by atoms with Crippen LogP contribution in [-0.4, -0.2) is 36.3 Å². The van der Waals surface area contributed by atoms with E-state index >= 15 is 0 Å². The van der Waals surface area contributed by atoms with Crippen LogP contribution in [0.15, 0.2) is 48.5 Å². The molecule has 1 atom stereocenters. The van der Waals surface area contributed by atoms with Crippen molar-refractivity contribution in [2.24, 2.45) is 11.3 Å². The van der Waals surface area contributed by atoms with Crippen LogP contribution >= 0.6 is 0 Å². The van der Waals surface area contributed by atoms with Gasteiger partial charge in [-0.05, 0) is 49.8 Å². The molecule has 4 nitrogen and oxygen atoms in total. The van der Waals surface area contributed by atoms with Gasteiger partial charge in [0.15, 0.2) is 0 Å². The maximum Gasteiger partial charge on any atom is 0.228 e. The number of benzene rings is 2. The van der Waals surface area contributed by atoms with Crippen molar-refractivity contribution < 1.29 is 14.0 Å². The van der Waals surface area contributed by atoms with Gasteiger partial charge in [0.05, 0.1) is 5.41 Å². The minimum absolute atomic E-state index is 0.0138. The Morgan fingerprint density at radius 2 is 1.74 bits per heavy atom. The number of hydrogen-bond acceptors (Lipinski definition) is 2. The minimum Gasteiger partial charge on any atom is -0.356 e. The van der Waals surface area contributed by atoms with Gasteiger partial charge in [0, 0.05) is 31.1 Å². The first-order valence-electron chi connectivity index (χ1n) is 11.4. The Bertz CT molecular complexity index is 954. The van der Waals surface area contributed by atoms with E-state index in [4.69, 9.17) is 0 Å². The molecule has 0 radical (unpaired) electrons. The normalized spacial score (nSPS) is 21.4. The molecule has 1 saturated heterocycles. The summed E-state index contributed by atoms with van der Waals surface area (Å²) in [6.45, 7) is 3.50. The van der Waals surface area contributed by atoms with Crippen molar-refractivity contribution in [2.45, 2.75) is 45.4 Å². The van der Waals surface area contributed by atoms with E-state index in [0.717, 1.165) is 36.8 Å². The molecule has 164 valence electrons. The second kappa shape index (κ2) is 9.21. The zero-order valence-electron chi connectivity index (χ0n) is 18.2. The molecule has 2 amide bonds. The van der Waals surface area contributed by atoms with E-state index in [-0.39, 0.29) is 23.5 Å². The molecule has 1 heterocycles. The summed E-state index contributed by atoms with van der Waals surface area (Å²) in [5.74, 6) is 0.0216. The van der Waals surface area contributed by atoms with Crippen LogP contribution in [0.25, 0.3) is 11.1 Å². The van der Waals surface area contributed by atoms with E-state index in [1.165, 1.54) is 6.07 Å². The Morgan fingerprint density at radius 1 is 1.06 bits per heavy atom. The summed E-state index contributed by atoms with van der Waals surface area (Å²) in [4.78, 5) is 28.2. The first-order valence-corrected chi connectivity index (χ1v) is 11.4. The molecular weight excluding hydrogens is 391 g/mol. The van der Waals surface area contributed by atoms with Crippen LogP contribution in [0.5, 0.6) is 0 Å². The van der Waals surface area contributed by atoms with Crippen LogP contribution in [0, 0.1) is 17.2 Å². The van der Waals surface area contributed by atoms with Crippen LogP contribution in [0.1, 0.15) is 44.6 Å². The Labute approximate surface area is 183 Å². The fourth-order valence-electron chi connectivity index (χ4n) is 5.23. The average Bonchev–Trinajstić information content (AvgIpc) is 3.46. The van der Waals surface area contributed by atoms with Gasteiger partial charge in [-0.3, -0.25) is 9.59 Å². The highest BCUT2D eigenvalue weighted by molar-refractivity contribution is 5.86. The lowest BCUT2D eigenvalue weighted by molar-refractivity contribution is -0.136. The number of nitrogens with zero attached hydrogens (tertiary/aromatic N) is 1. The Balaban J connectivity index is 1.64. The van der Waals surface area contributed by atoms with Crippen LogP contribution in [0.4, 0.5) is 4.39 Å². The summed E-state index contributed by atoms with van der Waals surface area (Å²) in [5, 5.41) is 3.00. The molecule has 2 fully saturated rings. The molecule has 0 unspecified atom stereocenters. The highest BCUT2D eigenvalue weighted by Gasteiger charge is 2.47. The van der Waals surface area contributed by atoms with Gasteiger partial charge in [0.25, 0.3) is 0 Å². The summed E-state index contributed by atoms with van der Waals surface area (Å²) in [6, 6.07) is 14.5. The number of halogens is 1. The number of nitrogens with one attached hydrogen (secondary N) is 1. The van der Waals surface area contributed by atoms with E-state index in [2.05, 4.69) is 5.32 Å². The predicted molar refractivity (Wildman–Crippen MR) is 120 cm³/mol. The quantitative estimate of drug-likeness (QED) is 0.741. The Kier molecular flexibility index (Phi) is 6.40. The van der Waals surface area contributed by atoms with Crippen molar-refractivity contribution in [1.29, 1.82) is 0 Å². The van der Waals surface area contributed by atoms with Crippen molar-refractivity contribution in [3.05, 3.63) is 59.9 Å². The van der Waals surface area contributed by atoms with Crippen LogP contribution < -0.4 is 5.32 Å². The van der Waals surface area contributed by atoms with Crippen molar-refractivity contribution in [1.82, 2.24) is 10.2 Å². The molecule has 1 aliphatic heterocycles. The zero-order valence-corrected chi connectivity index (χ0v) is 18.2. The number of rotatable bonds is 6. The predicted octanol–water partition coefficient (Wildman–Crippen LogP) is 4.58. The topological polar surface area (TPSA) is 49.4 Å². The third kappa shape index (κ3) is 4.36. The molecule has 5 heteroatoms. The maximum atomic E-state index is 14.6. The van der Waals surface area contributed by atoms with Crippen molar-refractivity contribution in [3.63, 3.8) is 0 Å². The lowest BCUT2D eigenvalue weighted by Crippen LogP contribution is -2.45. The summed E-state index contributed by atoms with van der Waals surface area (Å²) in [6.07, 6.45) is 5.25. The summed E-state index contributed by atoms with van der Waals surface area (Å²) in [7, 11) is 0. The first-order chi connectivity index (χ1) is 15.0. The SMILES string of the molecule is CCNC(=O)[C@]1(Cc2ccccc2-c2ccccc2F)CCN(C(=O)C2CCCC2)C1. The summed E-state index contributed by atoms with van der Waals surface area (Å²) < 4.78 is 14.6. The van der Waals surface area contributed by atoms with Gasteiger partial charge in [0.1, 0.15) is 5.82 Å². The second-order valence-electron chi connectivity index (χ2n) is 8.94. The lowest BCUT2D eigenvalue weighted by Gasteiger charge is -2.30. The van der Waals surface area contributed by atoms with Gasteiger partial charge in [-0.2, -0.15) is 0 Å². The van der Waals surface area contributed by atoms with E-state index < -0.39 is 5.41 Å². The van der Waals surface area contributed by atoms with Crippen LogP contribution in [0.2, 0.25) is 0 Å². The summed E-state index contributed by atoms with van der Waals surface area (Å²) in [5.41, 5.74) is 1.60. The maximum absolute atomic E-state index is 14.6. The van der Waals surface area contributed by atoms with Gasteiger partial charge in [-0.15, -0.1) is 0 Å². The highest BCUT2D eigenvalue weighted by atomic mass is 19.1. The van der Waals surface area contributed by atoms with Gasteiger partial charge >= 0.3 is 0 Å². The molecule has 2 aromatic carbocycles. The molecule has 2 aliphatic rings. The van der Waals surface area contributed by atoms with E-state index in [1.807, 2.05) is 42.2 Å². The molecule has 1 N–H and O–H groups in total. The molecule has 31 heavy (non-hydrogen) atoms. The first kappa shape index (κ1) is 21.5. The molecule has 4 rings (SSSR count). The molecule has 1 saturated carbocycles. The number of carbonyl (C=O) groups excluding carboxylic acids is 2. The number of likely N-dealkylation sites (tertiary alicyclic amines) is 1. The minimum atomic E-state index is -0.689. The van der Waals surface area contributed by atoms with E-state index in [1.54, 1.807) is 12.1 Å². The van der Waals surface area contributed by atoms with Crippen molar-refractivity contribution in [3.8, 4) is 11.1 Å². The molecular formula is C26H31FN2O2. The van der Waals surface area contributed by atoms with Gasteiger partial charge < -0.3 is 10.2 Å². The smallest absolute Gasteiger partial charge is 0.228 e. The fourth-order valence-corrected chi connectivity index (χ4v) is 5.23. The van der Waals surface area contributed by atoms with Gasteiger partial charge in [0.2, 0.25) is 11.8 Å². The zero-order chi connectivity index (χ0) is 21.8. The van der Waals surface area contributed by atoms with Gasteiger partial charge in [-0.25, -0.2) is 4.39 Å². The Hall–Kier alpha value is -2.69. The summed E-state index contributed by atoms with van der Waals surface area (Å²) >= 11 is 0. The Morgan fingerprint density at radius 3 is 2.45 bits per heavy atom. The second-order valence-corrected chi connectivity index (χ2v) is 8.94.